The molecule has 0 spiro atoms. The van der Waals surface area contributed by atoms with Crippen molar-refractivity contribution in [1.82, 2.24) is 9.38 Å². The molecule has 0 atom stereocenters. The summed E-state index contributed by atoms with van der Waals surface area (Å²) in [7, 11) is 0. The molecule has 2 N–H and O–H groups in total. The van der Waals surface area contributed by atoms with Crippen LogP contribution in [0, 0.1) is 0 Å². The minimum absolute atomic E-state index is 0.0396. The molecule has 0 aliphatic rings. The highest BCUT2D eigenvalue weighted by Crippen LogP contribution is 2.23. The number of phenolic OH excluding ortho intramolecular Hbond substituents is 1. The summed E-state index contributed by atoms with van der Waals surface area (Å²) in [5.41, 5.74) is 2.35. The standard InChI is InChI=1S/C16H15N3O2/c1-2-11-15(19-10-6-5-9-14(19)17-11)16(21)18-12-7-3-4-8-13(12)20/h3-10,20H,2H2,1H3,(H,18,21). The summed E-state index contributed by atoms with van der Waals surface area (Å²) in [4.78, 5) is 17.0. The first kappa shape index (κ1) is 13.2. The third-order valence-electron chi connectivity index (χ3n) is 3.30. The fourth-order valence-corrected chi connectivity index (χ4v) is 2.29. The number of hydrogen-bond acceptors (Lipinski definition) is 3. The van der Waals surface area contributed by atoms with Crippen molar-refractivity contribution in [3.63, 3.8) is 0 Å². The first-order chi connectivity index (χ1) is 10.2. The van der Waals surface area contributed by atoms with Gasteiger partial charge in [0.2, 0.25) is 0 Å². The van der Waals surface area contributed by atoms with Gasteiger partial charge in [-0.25, -0.2) is 4.98 Å². The van der Waals surface area contributed by atoms with Crippen LogP contribution in [0.25, 0.3) is 5.65 Å². The van der Waals surface area contributed by atoms with Gasteiger partial charge < -0.3 is 10.4 Å². The van der Waals surface area contributed by atoms with Crippen LogP contribution >= 0.6 is 0 Å². The van der Waals surface area contributed by atoms with E-state index in [0.717, 1.165) is 11.3 Å². The number of aryl methyl sites for hydroxylation is 1. The average molecular weight is 281 g/mol. The van der Waals surface area contributed by atoms with E-state index in [2.05, 4.69) is 10.3 Å². The van der Waals surface area contributed by atoms with E-state index in [9.17, 15) is 9.90 Å². The Labute approximate surface area is 121 Å². The molecule has 3 aromatic rings. The predicted octanol–water partition coefficient (Wildman–Crippen LogP) is 2.85. The number of nitrogens with one attached hydrogen (secondary N) is 1. The number of amides is 1. The number of para-hydroxylation sites is 2. The molecule has 0 fully saturated rings. The molecule has 0 saturated heterocycles. The summed E-state index contributed by atoms with van der Waals surface area (Å²) < 4.78 is 1.76. The highest BCUT2D eigenvalue weighted by Gasteiger charge is 2.18. The first-order valence-corrected chi connectivity index (χ1v) is 6.76. The molecule has 3 rings (SSSR count). The van der Waals surface area contributed by atoms with Gasteiger partial charge in [0, 0.05) is 6.20 Å². The largest absolute Gasteiger partial charge is 0.506 e. The number of anilines is 1. The number of imidazole rings is 1. The van der Waals surface area contributed by atoms with Crippen molar-refractivity contribution in [1.29, 1.82) is 0 Å². The molecule has 0 saturated carbocycles. The van der Waals surface area contributed by atoms with Crippen molar-refractivity contribution in [3.05, 3.63) is 60.0 Å². The number of aromatic hydroxyl groups is 1. The van der Waals surface area contributed by atoms with Gasteiger partial charge in [-0.05, 0) is 30.7 Å². The number of phenols is 1. The summed E-state index contributed by atoms with van der Waals surface area (Å²) in [6.45, 7) is 1.96. The number of fused-ring (bicyclic) bond motifs is 1. The Bertz CT molecular complexity index is 808. The third kappa shape index (κ3) is 2.33. The minimum Gasteiger partial charge on any atom is -0.506 e. The molecular weight excluding hydrogens is 266 g/mol. The van der Waals surface area contributed by atoms with Crippen LogP contribution in [0.15, 0.2) is 48.7 Å². The molecule has 1 amide bonds. The zero-order valence-corrected chi connectivity index (χ0v) is 11.6. The molecule has 5 heteroatoms. The van der Waals surface area contributed by atoms with Gasteiger partial charge in [-0.3, -0.25) is 9.20 Å². The molecule has 0 aliphatic heterocycles. The van der Waals surface area contributed by atoms with Gasteiger partial charge in [-0.2, -0.15) is 0 Å². The molecule has 0 radical (unpaired) electrons. The second kappa shape index (κ2) is 5.28. The molecule has 21 heavy (non-hydrogen) atoms. The van der Waals surface area contributed by atoms with Gasteiger partial charge in [0.05, 0.1) is 11.4 Å². The Kier molecular flexibility index (Phi) is 3.31. The lowest BCUT2D eigenvalue weighted by Crippen LogP contribution is -2.16. The van der Waals surface area contributed by atoms with Crippen molar-refractivity contribution in [2.24, 2.45) is 0 Å². The van der Waals surface area contributed by atoms with Gasteiger partial charge in [-0.15, -0.1) is 0 Å². The summed E-state index contributed by atoms with van der Waals surface area (Å²) in [5.74, 6) is -0.246. The lowest BCUT2D eigenvalue weighted by molar-refractivity contribution is 0.102. The fourth-order valence-electron chi connectivity index (χ4n) is 2.29. The Hall–Kier alpha value is -2.82. The van der Waals surface area contributed by atoms with Crippen molar-refractivity contribution in [2.75, 3.05) is 5.32 Å². The Morgan fingerprint density at radius 1 is 1.24 bits per heavy atom. The Morgan fingerprint density at radius 3 is 2.76 bits per heavy atom. The first-order valence-electron chi connectivity index (χ1n) is 6.76. The topological polar surface area (TPSA) is 66.6 Å². The maximum Gasteiger partial charge on any atom is 0.274 e. The number of aromatic nitrogens is 2. The van der Waals surface area contributed by atoms with Crippen molar-refractivity contribution < 1.29 is 9.90 Å². The van der Waals surface area contributed by atoms with Crippen LogP contribution in [0.4, 0.5) is 5.69 Å². The van der Waals surface area contributed by atoms with Crippen LogP contribution in [0.2, 0.25) is 0 Å². The zero-order valence-electron chi connectivity index (χ0n) is 11.6. The van der Waals surface area contributed by atoms with Crippen LogP contribution in [-0.4, -0.2) is 20.4 Å². The van der Waals surface area contributed by atoms with Gasteiger partial charge in [-0.1, -0.05) is 25.1 Å². The second-order valence-corrected chi connectivity index (χ2v) is 4.66. The summed E-state index contributed by atoms with van der Waals surface area (Å²) in [5, 5.41) is 12.5. The number of carbonyl (C=O) groups excluding carboxylic acids is 1. The van der Waals surface area contributed by atoms with Crippen LogP contribution in [-0.2, 0) is 6.42 Å². The minimum atomic E-state index is -0.285. The van der Waals surface area contributed by atoms with Crippen LogP contribution < -0.4 is 5.32 Å². The van der Waals surface area contributed by atoms with E-state index in [1.807, 2.05) is 25.1 Å². The summed E-state index contributed by atoms with van der Waals surface area (Å²) in [6, 6.07) is 12.2. The second-order valence-electron chi connectivity index (χ2n) is 4.66. The van der Waals surface area contributed by atoms with E-state index in [1.54, 1.807) is 28.8 Å². The van der Waals surface area contributed by atoms with Gasteiger partial charge in [0.25, 0.3) is 5.91 Å². The molecule has 1 aromatic carbocycles. The van der Waals surface area contributed by atoms with Crippen molar-refractivity contribution in [2.45, 2.75) is 13.3 Å². The van der Waals surface area contributed by atoms with E-state index in [-0.39, 0.29) is 11.7 Å². The predicted molar refractivity (Wildman–Crippen MR) is 80.6 cm³/mol. The Morgan fingerprint density at radius 2 is 2.00 bits per heavy atom. The lowest BCUT2D eigenvalue weighted by atomic mass is 10.2. The normalized spacial score (nSPS) is 10.7. The fraction of sp³-hybridized carbons (Fsp3) is 0.125. The lowest BCUT2D eigenvalue weighted by Gasteiger charge is -2.08. The summed E-state index contributed by atoms with van der Waals surface area (Å²) >= 11 is 0. The molecule has 0 bridgehead atoms. The van der Waals surface area contributed by atoms with Gasteiger partial charge in [0.15, 0.2) is 0 Å². The maximum atomic E-state index is 12.5. The molecule has 2 heterocycles. The third-order valence-corrected chi connectivity index (χ3v) is 3.30. The van der Waals surface area contributed by atoms with E-state index < -0.39 is 0 Å². The smallest absolute Gasteiger partial charge is 0.274 e. The number of benzene rings is 1. The van der Waals surface area contributed by atoms with E-state index in [1.165, 1.54) is 6.07 Å². The zero-order chi connectivity index (χ0) is 14.8. The number of pyridine rings is 1. The number of hydrogen-bond donors (Lipinski definition) is 2. The molecule has 2 aromatic heterocycles. The Balaban J connectivity index is 2.03. The van der Waals surface area contributed by atoms with Gasteiger partial charge in [0.1, 0.15) is 17.1 Å². The maximum absolute atomic E-state index is 12.5. The van der Waals surface area contributed by atoms with E-state index >= 15 is 0 Å². The highest BCUT2D eigenvalue weighted by molar-refractivity contribution is 6.05. The van der Waals surface area contributed by atoms with Crippen molar-refractivity contribution >= 4 is 17.2 Å². The van der Waals surface area contributed by atoms with E-state index in [0.29, 0.717) is 17.8 Å². The van der Waals surface area contributed by atoms with Gasteiger partial charge >= 0.3 is 0 Å². The molecule has 106 valence electrons. The molecule has 0 aliphatic carbocycles. The highest BCUT2D eigenvalue weighted by atomic mass is 16.3. The number of nitrogens with zero attached hydrogens (tertiary/aromatic N) is 2. The number of carbonyl (C=O) groups is 1. The van der Waals surface area contributed by atoms with Crippen LogP contribution in [0.3, 0.4) is 0 Å². The SMILES string of the molecule is CCc1nc2ccccn2c1C(=O)Nc1ccccc1O. The molecule has 0 unspecified atom stereocenters. The average Bonchev–Trinajstić information content (AvgIpc) is 2.88. The monoisotopic (exact) mass is 281 g/mol. The van der Waals surface area contributed by atoms with E-state index in [4.69, 9.17) is 0 Å². The van der Waals surface area contributed by atoms with Crippen molar-refractivity contribution in [3.8, 4) is 5.75 Å². The molecular formula is C16H15N3O2. The summed E-state index contributed by atoms with van der Waals surface area (Å²) in [6.07, 6.45) is 2.46. The number of rotatable bonds is 3. The van der Waals surface area contributed by atoms with Crippen LogP contribution in [0.5, 0.6) is 5.75 Å². The quantitative estimate of drug-likeness (QED) is 0.725. The van der Waals surface area contributed by atoms with Crippen LogP contribution in [0.1, 0.15) is 23.1 Å². The molecule has 5 nitrogen and oxygen atoms in total.